The zero-order valence-corrected chi connectivity index (χ0v) is 18.9. The van der Waals surface area contributed by atoms with E-state index in [1.165, 1.54) is 14.2 Å². The summed E-state index contributed by atoms with van der Waals surface area (Å²) in [5.74, 6) is -1.71. The van der Waals surface area contributed by atoms with E-state index in [9.17, 15) is 14.4 Å². The average molecular weight is 418 g/mol. The molecular formula is C21H30N4O5. The van der Waals surface area contributed by atoms with E-state index < -0.39 is 17.8 Å². The van der Waals surface area contributed by atoms with Crippen molar-refractivity contribution in [1.82, 2.24) is 19.7 Å². The predicted octanol–water partition coefficient (Wildman–Crippen LogP) is 2.41. The number of carbonyl (C=O) groups excluding carboxylic acids is 3. The zero-order chi connectivity index (χ0) is 22.8. The number of hydrogen-bond acceptors (Lipinski definition) is 7. The van der Waals surface area contributed by atoms with Crippen LogP contribution < -0.4 is 0 Å². The van der Waals surface area contributed by atoms with Crippen molar-refractivity contribution in [2.75, 3.05) is 27.3 Å². The minimum atomic E-state index is -0.635. The fourth-order valence-corrected chi connectivity index (χ4v) is 3.05. The molecule has 0 saturated carbocycles. The number of aromatic nitrogens is 3. The van der Waals surface area contributed by atoms with Crippen molar-refractivity contribution in [3.05, 3.63) is 23.0 Å². The Morgan fingerprint density at radius 3 is 2.07 bits per heavy atom. The molecule has 9 heteroatoms. The SMILES string of the molecule is COC(=O)CN(CC(=O)OC)C(=O)c1cc(C(C)C)nc2c1c(C)nn2C(C)(C)C. The summed E-state index contributed by atoms with van der Waals surface area (Å²) in [6.07, 6.45) is 0. The van der Waals surface area contributed by atoms with Gasteiger partial charge in [-0.3, -0.25) is 14.4 Å². The van der Waals surface area contributed by atoms with Crippen LogP contribution in [0.2, 0.25) is 0 Å². The first-order valence-electron chi connectivity index (χ1n) is 9.74. The quantitative estimate of drug-likeness (QED) is 0.664. The van der Waals surface area contributed by atoms with Gasteiger partial charge in [-0.05, 0) is 39.7 Å². The van der Waals surface area contributed by atoms with E-state index in [4.69, 9.17) is 14.5 Å². The number of carbonyl (C=O) groups is 3. The van der Waals surface area contributed by atoms with E-state index in [1.54, 1.807) is 10.7 Å². The molecule has 0 aliphatic carbocycles. The van der Waals surface area contributed by atoms with Crippen molar-refractivity contribution >= 4 is 28.9 Å². The lowest BCUT2D eigenvalue weighted by molar-refractivity contribution is -0.144. The van der Waals surface area contributed by atoms with Crippen molar-refractivity contribution in [3.8, 4) is 0 Å². The maximum absolute atomic E-state index is 13.5. The van der Waals surface area contributed by atoms with Crippen LogP contribution in [0.1, 0.15) is 62.3 Å². The molecule has 0 fully saturated rings. The Kier molecular flexibility index (Phi) is 6.84. The van der Waals surface area contributed by atoms with E-state index >= 15 is 0 Å². The molecule has 30 heavy (non-hydrogen) atoms. The second-order valence-corrected chi connectivity index (χ2v) is 8.43. The molecule has 2 heterocycles. The Balaban J connectivity index is 2.72. The lowest BCUT2D eigenvalue weighted by atomic mass is 10.0. The molecule has 0 aliphatic rings. The van der Waals surface area contributed by atoms with Gasteiger partial charge in [0, 0.05) is 5.69 Å². The summed E-state index contributed by atoms with van der Waals surface area (Å²) < 4.78 is 11.2. The molecule has 0 bridgehead atoms. The Bertz CT molecular complexity index is 954. The largest absolute Gasteiger partial charge is 0.468 e. The maximum Gasteiger partial charge on any atom is 0.325 e. The number of fused-ring (bicyclic) bond motifs is 1. The molecule has 0 radical (unpaired) electrons. The van der Waals surface area contributed by atoms with E-state index in [0.717, 1.165) is 4.90 Å². The fourth-order valence-electron chi connectivity index (χ4n) is 3.05. The number of pyridine rings is 1. The van der Waals surface area contributed by atoms with Crippen LogP contribution in [0.5, 0.6) is 0 Å². The molecule has 0 N–H and O–H groups in total. The third-order valence-corrected chi connectivity index (χ3v) is 4.67. The molecule has 0 spiro atoms. The molecule has 0 atom stereocenters. The minimum Gasteiger partial charge on any atom is -0.468 e. The highest BCUT2D eigenvalue weighted by Crippen LogP contribution is 2.29. The lowest BCUT2D eigenvalue weighted by Crippen LogP contribution is -2.40. The van der Waals surface area contributed by atoms with E-state index in [2.05, 4.69) is 5.10 Å². The second-order valence-electron chi connectivity index (χ2n) is 8.43. The van der Waals surface area contributed by atoms with E-state index in [0.29, 0.717) is 28.0 Å². The number of rotatable bonds is 6. The first-order valence-corrected chi connectivity index (χ1v) is 9.74. The van der Waals surface area contributed by atoms with Crippen molar-refractivity contribution in [2.24, 2.45) is 0 Å². The Hall–Kier alpha value is -2.97. The Labute approximate surface area is 176 Å². The molecular weight excluding hydrogens is 388 g/mol. The molecule has 0 saturated heterocycles. The number of ether oxygens (including phenoxy) is 2. The highest BCUT2D eigenvalue weighted by Gasteiger charge is 2.29. The highest BCUT2D eigenvalue weighted by molar-refractivity contribution is 6.08. The van der Waals surface area contributed by atoms with Gasteiger partial charge in [0.2, 0.25) is 0 Å². The molecule has 164 valence electrons. The summed E-state index contributed by atoms with van der Waals surface area (Å²) in [6.45, 7) is 11.0. The zero-order valence-electron chi connectivity index (χ0n) is 18.9. The van der Waals surface area contributed by atoms with Crippen LogP contribution in [0.15, 0.2) is 6.07 Å². The summed E-state index contributed by atoms with van der Waals surface area (Å²) in [4.78, 5) is 43.1. The number of amides is 1. The average Bonchev–Trinajstić information content (AvgIpc) is 3.02. The number of methoxy groups -OCH3 is 2. The number of nitrogens with zero attached hydrogens (tertiary/aromatic N) is 4. The molecule has 0 aromatic carbocycles. The molecule has 2 aromatic rings. The summed E-state index contributed by atoms with van der Waals surface area (Å²) in [7, 11) is 2.45. The van der Waals surface area contributed by atoms with Gasteiger partial charge in [-0.1, -0.05) is 13.8 Å². The van der Waals surface area contributed by atoms with Crippen LogP contribution in [0.3, 0.4) is 0 Å². The lowest BCUT2D eigenvalue weighted by Gasteiger charge is -2.22. The van der Waals surface area contributed by atoms with Crippen LogP contribution in [-0.2, 0) is 24.6 Å². The molecule has 2 aromatic heterocycles. The van der Waals surface area contributed by atoms with Gasteiger partial charge in [0.1, 0.15) is 13.1 Å². The smallest absolute Gasteiger partial charge is 0.325 e. The van der Waals surface area contributed by atoms with Crippen molar-refractivity contribution in [1.29, 1.82) is 0 Å². The van der Waals surface area contributed by atoms with Gasteiger partial charge in [-0.15, -0.1) is 0 Å². The molecule has 1 amide bonds. The van der Waals surface area contributed by atoms with Crippen molar-refractivity contribution in [3.63, 3.8) is 0 Å². The normalized spacial score (nSPS) is 11.6. The first kappa shape index (κ1) is 23.3. The van der Waals surface area contributed by atoms with Crippen LogP contribution >= 0.6 is 0 Å². The Morgan fingerprint density at radius 1 is 1.10 bits per heavy atom. The van der Waals surface area contributed by atoms with Gasteiger partial charge in [0.05, 0.1) is 36.4 Å². The molecule has 0 aliphatic heterocycles. The summed E-state index contributed by atoms with van der Waals surface area (Å²) >= 11 is 0. The van der Waals surface area contributed by atoms with Crippen LogP contribution in [0.4, 0.5) is 0 Å². The molecule has 0 unspecified atom stereocenters. The van der Waals surface area contributed by atoms with Gasteiger partial charge in [0.25, 0.3) is 5.91 Å². The number of esters is 2. The Morgan fingerprint density at radius 2 is 1.63 bits per heavy atom. The van der Waals surface area contributed by atoms with Gasteiger partial charge in [-0.25, -0.2) is 9.67 Å². The van der Waals surface area contributed by atoms with Gasteiger partial charge >= 0.3 is 11.9 Å². The van der Waals surface area contributed by atoms with Crippen molar-refractivity contribution < 1.29 is 23.9 Å². The second kappa shape index (κ2) is 8.81. The third kappa shape index (κ3) is 4.77. The number of hydrogen-bond donors (Lipinski definition) is 0. The first-order chi connectivity index (χ1) is 13.9. The summed E-state index contributed by atoms with van der Waals surface area (Å²) in [5.41, 5.74) is 1.93. The van der Waals surface area contributed by atoms with E-state index in [-0.39, 0.29) is 24.5 Å². The van der Waals surface area contributed by atoms with Crippen LogP contribution in [-0.4, -0.2) is 64.8 Å². The predicted molar refractivity (Wildman–Crippen MR) is 111 cm³/mol. The van der Waals surface area contributed by atoms with Crippen LogP contribution in [0, 0.1) is 6.92 Å². The topological polar surface area (TPSA) is 104 Å². The van der Waals surface area contributed by atoms with Crippen molar-refractivity contribution in [2.45, 2.75) is 53.0 Å². The monoisotopic (exact) mass is 418 g/mol. The molecule has 9 nitrogen and oxygen atoms in total. The van der Waals surface area contributed by atoms with Crippen LogP contribution in [0.25, 0.3) is 11.0 Å². The fraction of sp³-hybridized carbons (Fsp3) is 0.571. The highest BCUT2D eigenvalue weighted by atomic mass is 16.5. The van der Waals surface area contributed by atoms with E-state index in [1.807, 2.05) is 41.5 Å². The van der Waals surface area contributed by atoms with Gasteiger partial charge < -0.3 is 14.4 Å². The molecule has 2 rings (SSSR count). The van der Waals surface area contributed by atoms with Gasteiger partial charge in [-0.2, -0.15) is 5.10 Å². The number of aryl methyl sites for hydroxylation is 1. The minimum absolute atomic E-state index is 0.0549. The summed E-state index contributed by atoms with van der Waals surface area (Å²) in [6, 6.07) is 1.71. The summed E-state index contributed by atoms with van der Waals surface area (Å²) in [5, 5.41) is 5.21. The third-order valence-electron chi connectivity index (χ3n) is 4.67. The maximum atomic E-state index is 13.5. The standard InChI is InChI=1S/C21H30N4O5/c1-12(2)15-9-14(18-13(3)23-25(19(18)22-15)21(4,5)6)20(28)24(10-16(26)29-7)11-17(27)30-8/h9,12H,10-11H2,1-8H3. The van der Waals surface area contributed by atoms with Gasteiger partial charge in [0.15, 0.2) is 5.65 Å².